The van der Waals surface area contributed by atoms with Crippen molar-refractivity contribution in [1.82, 2.24) is 5.16 Å². The lowest BCUT2D eigenvalue weighted by atomic mass is 10.0. The number of halogens is 1. The van der Waals surface area contributed by atoms with Gasteiger partial charge in [0.15, 0.2) is 5.76 Å². The molecule has 3 rings (SSSR count). The van der Waals surface area contributed by atoms with Crippen LogP contribution in [0.3, 0.4) is 0 Å². The Morgan fingerprint density at radius 3 is 2.63 bits per heavy atom. The zero-order valence-corrected chi connectivity index (χ0v) is 17.0. The Labute approximate surface area is 166 Å². The zero-order valence-electron chi connectivity index (χ0n) is 15.4. The van der Waals surface area contributed by atoms with Gasteiger partial charge in [-0.2, -0.15) is 10.2 Å². The Morgan fingerprint density at radius 1 is 1.19 bits per heavy atom. The van der Waals surface area contributed by atoms with E-state index in [1.165, 1.54) is 0 Å². The van der Waals surface area contributed by atoms with E-state index in [4.69, 9.17) is 9.26 Å². The molecule has 1 aromatic heterocycles. The number of aryl methyl sites for hydroxylation is 1. The number of hydrogen-bond donors (Lipinski definition) is 0. The van der Waals surface area contributed by atoms with Crippen molar-refractivity contribution in [2.45, 2.75) is 20.0 Å². The van der Waals surface area contributed by atoms with E-state index in [1.807, 2.05) is 68.4 Å². The first-order valence-corrected chi connectivity index (χ1v) is 9.27. The van der Waals surface area contributed by atoms with Crippen LogP contribution in [0.4, 0.5) is 0 Å². The molecule has 2 aromatic carbocycles. The highest BCUT2D eigenvalue weighted by atomic mass is 79.9. The molecule has 0 amide bonds. The van der Waals surface area contributed by atoms with Gasteiger partial charge in [0.25, 0.3) is 0 Å². The third kappa shape index (κ3) is 4.59. The molecule has 6 heteroatoms. The molecule has 3 aromatic rings. The number of rotatable bonds is 6. The molecule has 0 aliphatic heterocycles. The maximum absolute atomic E-state index is 5.65. The summed E-state index contributed by atoms with van der Waals surface area (Å²) in [5, 5.41) is 12.6. The molecular formula is C21H20BrN3O2. The highest BCUT2D eigenvalue weighted by molar-refractivity contribution is 9.10. The fourth-order valence-electron chi connectivity index (χ4n) is 2.76. The van der Waals surface area contributed by atoms with Gasteiger partial charge >= 0.3 is 0 Å². The van der Waals surface area contributed by atoms with Crippen LogP contribution < -0.4 is 0 Å². The van der Waals surface area contributed by atoms with Gasteiger partial charge in [-0.3, -0.25) is 0 Å². The van der Waals surface area contributed by atoms with Crippen molar-refractivity contribution in [3.05, 3.63) is 87.2 Å². The molecule has 1 atom stereocenters. The fourth-order valence-corrected chi connectivity index (χ4v) is 3.33. The number of nitrogens with zero attached hydrogens (tertiary/aromatic N) is 3. The SMILES string of the molecule is COC(c1cc(C)no1)c1ccccc1/C=N/N=C(\C)c1ccccc1Br. The predicted octanol–water partition coefficient (Wildman–Crippen LogP) is 5.32. The Balaban J connectivity index is 1.89. The van der Waals surface area contributed by atoms with Crippen LogP contribution in [0, 0.1) is 6.92 Å². The predicted molar refractivity (Wildman–Crippen MR) is 110 cm³/mol. The molecule has 1 heterocycles. The monoisotopic (exact) mass is 425 g/mol. The molecule has 5 nitrogen and oxygen atoms in total. The van der Waals surface area contributed by atoms with Gasteiger partial charge in [0, 0.05) is 28.8 Å². The maximum Gasteiger partial charge on any atom is 0.170 e. The summed E-state index contributed by atoms with van der Waals surface area (Å²) in [7, 11) is 1.64. The van der Waals surface area contributed by atoms with E-state index < -0.39 is 0 Å². The van der Waals surface area contributed by atoms with E-state index >= 15 is 0 Å². The van der Waals surface area contributed by atoms with Gasteiger partial charge in [0.05, 0.1) is 17.6 Å². The molecule has 138 valence electrons. The van der Waals surface area contributed by atoms with E-state index in [9.17, 15) is 0 Å². The first-order chi connectivity index (χ1) is 13.1. The quantitative estimate of drug-likeness (QED) is 0.396. The third-order valence-corrected chi connectivity index (χ3v) is 4.78. The molecule has 0 aliphatic carbocycles. The number of aromatic nitrogens is 1. The van der Waals surface area contributed by atoms with Crippen molar-refractivity contribution in [1.29, 1.82) is 0 Å². The fraction of sp³-hybridized carbons (Fsp3) is 0.190. The normalized spacial score (nSPS) is 13.3. The summed E-state index contributed by atoms with van der Waals surface area (Å²) >= 11 is 3.54. The summed E-state index contributed by atoms with van der Waals surface area (Å²) in [4.78, 5) is 0. The molecule has 0 aliphatic rings. The van der Waals surface area contributed by atoms with Crippen LogP contribution in [0.5, 0.6) is 0 Å². The highest BCUT2D eigenvalue weighted by Crippen LogP contribution is 2.28. The topological polar surface area (TPSA) is 60.0 Å². The standard InChI is InChI=1S/C21H20BrN3O2/c1-14-12-20(27-25-14)21(26-3)18-10-5-4-8-16(18)13-23-24-15(2)17-9-6-7-11-19(17)22/h4-13,21H,1-3H3/b23-13+,24-15+. The minimum Gasteiger partial charge on any atom is -0.369 e. The van der Waals surface area contributed by atoms with E-state index in [-0.39, 0.29) is 6.10 Å². The lowest BCUT2D eigenvalue weighted by Gasteiger charge is -2.14. The van der Waals surface area contributed by atoms with E-state index in [2.05, 4.69) is 31.3 Å². The molecule has 27 heavy (non-hydrogen) atoms. The van der Waals surface area contributed by atoms with E-state index in [0.717, 1.165) is 32.6 Å². The molecule has 1 unspecified atom stereocenters. The van der Waals surface area contributed by atoms with Crippen molar-refractivity contribution in [2.24, 2.45) is 10.2 Å². The summed E-state index contributed by atoms with van der Waals surface area (Å²) in [6, 6.07) is 17.7. The molecular weight excluding hydrogens is 406 g/mol. The van der Waals surface area contributed by atoms with Crippen molar-refractivity contribution in [3.8, 4) is 0 Å². The first kappa shape index (κ1) is 19.2. The first-order valence-electron chi connectivity index (χ1n) is 8.47. The number of hydrogen-bond acceptors (Lipinski definition) is 5. The largest absolute Gasteiger partial charge is 0.369 e. The Kier molecular flexibility index (Phi) is 6.32. The zero-order chi connectivity index (χ0) is 19.2. The second-order valence-corrected chi connectivity index (χ2v) is 6.88. The maximum atomic E-state index is 5.65. The van der Waals surface area contributed by atoms with Crippen molar-refractivity contribution >= 4 is 27.9 Å². The molecule has 0 bridgehead atoms. The third-order valence-electron chi connectivity index (χ3n) is 4.09. The number of ether oxygens (including phenoxy) is 1. The average Bonchev–Trinajstić information content (AvgIpc) is 3.10. The van der Waals surface area contributed by atoms with Crippen LogP contribution in [0.25, 0.3) is 0 Å². The van der Waals surface area contributed by atoms with E-state index in [1.54, 1.807) is 13.3 Å². The molecule has 0 spiro atoms. The van der Waals surface area contributed by atoms with Crippen LogP contribution in [-0.4, -0.2) is 24.2 Å². The van der Waals surface area contributed by atoms with Crippen LogP contribution >= 0.6 is 15.9 Å². The van der Waals surface area contributed by atoms with E-state index in [0.29, 0.717) is 5.76 Å². The minimum absolute atomic E-state index is 0.359. The van der Waals surface area contributed by atoms with Crippen LogP contribution in [0.1, 0.15) is 41.2 Å². The number of methoxy groups -OCH3 is 1. The van der Waals surface area contributed by atoms with Gasteiger partial charge in [0.2, 0.25) is 0 Å². The second kappa shape index (κ2) is 8.88. The van der Waals surface area contributed by atoms with Crippen molar-refractivity contribution in [2.75, 3.05) is 7.11 Å². The smallest absolute Gasteiger partial charge is 0.170 e. The van der Waals surface area contributed by atoms with Gasteiger partial charge in [-0.05, 0) is 25.5 Å². The van der Waals surface area contributed by atoms with Crippen molar-refractivity contribution < 1.29 is 9.26 Å². The lowest BCUT2D eigenvalue weighted by molar-refractivity contribution is 0.109. The molecule has 0 N–H and O–H groups in total. The summed E-state index contributed by atoms with van der Waals surface area (Å²) in [5.41, 5.74) is 4.49. The Morgan fingerprint density at radius 2 is 1.93 bits per heavy atom. The van der Waals surface area contributed by atoms with Crippen molar-refractivity contribution in [3.63, 3.8) is 0 Å². The molecule has 0 radical (unpaired) electrons. The molecule has 0 fully saturated rings. The lowest BCUT2D eigenvalue weighted by Crippen LogP contribution is -2.06. The number of benzene rings is 2. The second-order valence-electron chi connectivity index (χ2n) is 6.03. The summed E-state index contributed by atoms with van der Waals surface area (Å²) in [6.45, 7) is 3.81. The van der Waals surface area contributed by atoms with Gasteiger partial charge in [-0.1, -0.05) is 63.6 Å². The Hall–Kier alpha value is -2.57. The molecule has 0 saturated heterocycles. The van der Waals surface area contributed by atoms with Gasteiger partial charge in [-0.15, -0.1) is 0 Å². The average molecular weight is 426 g/mol. The highest BCUT2D eigenvalue weighted by Gasteiger charge is 2.20. The minimum atomic E-state index is -0.359. The van der Waals surface area contributed by atoms with Crippen LogP contribution in [0.15, 0.2) is 73.8 Å². The molecule has 0 saturated carbocycles. The van der Waals surface area contributed by atoms with Gasteiger partial charge < -0.3 is 9.26 Å². The summed E-state index contributed by atoms with van der Waals surface area (Å²) in [6.07, 6.45) is 1.37. The van der Waals surface area contributed by atoms with Gasteiger partial charge in [0.1, 0.15) is 6.10 Å². The Bertz CT molecular complexity index is 979. The van der Waals surface area contributed by atoms with Gasteiger partial charge in [-0.25, -0.2) is 0 Å². The van der Waals surface area contributed by atoms with Crippen LogP contribution in [0.2, 0.25) is 0 Å². The summed E-state index contributed by atoms with van der Waals surface area (Å²) in [5.74, 6) is 0.656. The van der Waals surface area contributed by atoms with Crippen LogP contribution in [-0.2, 0) is 4.74 Å². The summed E-state index contributed by atoms with van der Waals surface area (Å²) < 4.78 is 12.0.